The summed E-state index contributed by atoms with van der Waals surface area (Å²) in [6.07, 6.45) is 3.26. The van der Waals surface area contributed by atoms with Gasteiger partial charge in [0.25, 0.3) is 0 Å². The van der Waals surface area contributed by atoms with Crippen molar-refractivity contribution in [1.29, 1.82) is 0 Å². The molecule has 2 atom stereocenters. The Hall–Kier alpha value is -0.820. The fourth-order valence-electron chi connectivity index (χ4n) is 1.98. The van der Waals surface area contributed by atoms with Crippen molar-refractivity contribution < 1.29 is 5.11 Å². The third kappa shape index (κ3) is 4.36. The van der Waals surface area contributed by atoms with Crippen LogP contribution in [0.5, 0.6) is 0 Å². The normalized spacial score (nSPS) is 15.1. The van der Waals surface area contributed by atoms with Crippen LogP contribution in [0.3, 0.4) is 0 Å². The summed E-state index contributed by atoms with van der Waals surface area (Å²) in [6.45, 7) is 6.63. The lowest BCUT2D eigenvalue weighted by molar-refractivity contribution is 0.110. The van der Waals surface area contributed by atoms with Gasteiger partial charge in [-0.05, 0) is 23.8 Å². The van der Waals surface area contributed by atoms with Crippen molar-refractivity contribution >= 4 is 0 Å². The summed E-state index contributed by atoms with van der Waals surface area (Å²) >= 11 is 0. The molecule has 0 aromatic heterocycles. The van der Waals surface area contributed by atoms with E-state index in [0.717, 1.165) is 17.9 Å². The first-order chi connectivity index (χ1) is 7.61. The Balaban J connectivity index is 2.39. The molecular weight excluding hydrogens is 196 g/mol. The van der Waals surface area contributed by atoms with Crippen LogP contribution >= 0.6 is 0 Å². The highest BCUT2D eigenvalue weighted by Gasteiger charge is 2.15. The molecule has 2 unspecified atom stereocenters. The van der Waals surface area contributed by atoms with E-state index in [9.17, 15) is 5.11 Å². The summed E-state index contributed by atoms with van der Waals surface area (Å²) in [5.74, 6) is 1.11. The predicted octanol–water partition coefficient (Wildman–Crippen LogP) is 4.18. The van der Waals surface area contributed by atoms with Crippen LogP contribution in [0.2, 0.25) is 0 Å². The molecule has 16 heavy (non-hydrogen) atoms. The van der Waals surface area contributed by atoms with E-state index in [0.29, 0.717) is 5.92 Å². The number of rotatable bonds is 6. The Morgan fingerprint density at radius 3 is 2.19 bits per heavy atom. The van der Waals surface area contributed by atoms with E-state index in [1.165, 1.54) is 12.8 Å². The molecule has 0 aliphatic carbocycles. The largest absolute Gasteiger partial charge is 0.388 e. The number of hydrogen-bond donors (Lipinski definition) is 1. The average molecular weight is 220 g/mol. The Morgan fingerprint density at radius 1 is 1.00 bits per heavy atom. The Labute approximate surface area is 99.5 Å². The van der Waals surface area contributed by atoms with Gasteiger partial charge in [-0.2, -0.15) is 0 Å². The van der Waals surface area contributed by atoms with Crippen LogP contribution in [-0.4, -0.2) is 5.11 Å². The molecule has 90 valence electrons. The predicted molar refractivity (Wildman–Crippen MR) is 69.3 cm³/mol. The molecular formula is C15H24O. The Morgan fingerprint density at radius 2 is 1.62 bits per heavy atom. The second-order valence-electron chi connectivity index (χ2n) is 5.16. The first kappa shape index (κ1) is 13.2. The molecule has 0 saturated carbocycles. The molecule has 0 aliphatic rings. The number of aliphatic hydroxyl groups excluding tert-OH is 1. The van der Waals surface area contributed by atoms with Crippen molar-refractivity contribution in [2.75, 3.05) is 0 Å². The van der Waals surface area contributed by atoms with Gasteiger partial charge in [-0.15, -0.1) is 0 Å². The van der Waals surface area contributed by atoms with E-state index in [1.54, 1.807) is 0 Å². The van der Waals surface area contributed by atoms with Crippen molar-refractivity contribution in [2.24, 2.45) is 11.8 Å². The van der Waals surface area contributed by atoms with Gasteiger partial charge < -0.3 is 5.11 Å². The number of aliphatic hydroxyl groups is 1. The third-order valence-corrected chi connectivity index (χ3v) is 3.12. The van der Waals surface area contributed by atoms with Gasteiger partial charge in [0.2, 0.25) is 0 Å². The maximum atomic E-state index is 10.2. The minimum Gasteiger partial charge on any atom is -0.388 e. The van der Waals surface area contributed by atoms with Crippen LogP contribution in [0, 0.1) is 11.8 Å². The van der Waals surface area contributed by atoms with Crippen LogP contribution in [0.25, 0.3) is 0 Å². The molecule has 0 amide bonds. The van der Waals surface area contributed by atoms with Gasteiger partial charge in [0.05, 0.1) is 6.10 Å². The highest BCUT2D eigenvalue weighted by Crippen LogP contribution is 2.26. The van der Waals surface area contributed by atoms with Crippen LogP contribution < -0.4 is 0 Å². The van der Waals surface area contributed by atoms with Crippen LogP contribution in [-0.2, 0) is 0 Å². The fraction of sp³-hybridized carbons (Fsp3) is 0.600. The zero-order valence-corrected chi connectivity index (χ0v) is 10.7. The zero-order valence-electron chi connectivity index (χ0n) is 10.7. The first-order valence-electron chi connectivity index (χ1n) is 6.34. The number of benzene rings is 1. The maximum Gasteiger partial charge on any atom is 0.0815 e. The van der Waals surface area contributed by atoms with E-state index in [-0.39, 0.29) is 6.10 Å². The van der Waals surface area contributed by atoms with Gasteiger partial charge in [-0.3, -0.25) is 0 Å². The van der Waals surface area contributed by atoms with Crippen LogP contribution in [0.4, 0.5) is 0 Å². The SMILES string of the molecule is CC(C)CCCC(C)C(O)c1ccccc1. The minimum atomic E-state index is -0.312. The highest BCUT2D eigenvalue weighted by atomic mass is 16.3. The number of hydrogen-bond acceptors (Lipinski definition) is 1. The standard InChI is InChI=1S/C15H24O/c1-12(2)8-7-9-13(3)15(16)14-10-5-4-6-11-14/h4-6,10-13,15-16H,7-9H2,1-3H3. The molecule has 1 rings (SSSR count). The topological polar surface area (TPSA) is 20.2 Å². The molecule has 0 saturated heterocycles. The van der Waals surface area contributed by atoms with Crippen molar-refractivity contribution in [3.63, 3.8) is 0 Å². The monoisotopic (exact) mass is 220 g/mol. The van der Waals surface area contributed by atoms with E-state index in [4.69, 9.17) is 0 Å². The van der Waals surface area contributed by atoms with Crippen molar-refractivity contribution in [3.05, 3.63) is 35.9 Å². The summed E-state index contributed by atoms with van der Waals surface area (Å²) in [5.41, 5.74) is 1.04. The first-order valence-corrected chi connectivity index (χ1v) is 6.34. The molecule has 1 nitrogen and oxygen atoms in total. The molecule has 0 fully saturated rings. The van der Waals surface area contributed by atoms with Crippen molar-refractivity contribution in [2.45, 2.75) is 46.1 Å². The van der Waals surface area contributed by atoms with E-state index >= 15 is 0 Å². The second-order valence-corrected chi connectivity index (χ2v) is 5.16. The molecule has 0 heterocycles. The molecule has 0 aliphatic heterocycles. The van der Waals surface area contributed by atoms with Crippen molar-refractivity contribution in [3.8, 4) is 0 Å². The average Bonchev–Trinajstić information content (AvgIpc) is 2.28. The summed E-state index contributed by atoms with van der Waals surface area (Å²) in [4.78, 5) is 0. The van der Waals surface area contributed by atoms with Crippen LogP contribution in [0.15, 0.2) is 30.3 Å². The molecule has 1 N–H and O–H groups in total. The molecule has 1 aromatic carbocycles. The van der Waals surface area contributed by atoms with Gasteiger partial charge in [-0.25, -0.2) is 0 Å². The smallest absolute Gasteiger partial charge is 0.0815 e. The Bertz CT molecular complexity index is 279. The maximum absolute atomic E-state index is 10.2. The van der Waals surface area contributed by atoms with E-state index in [2.05, 4.69) is 20.8 Å². The fourth-order valence-corrected chi connectivity index (χ4v) is 1.98. The van der Waals surface area contributed by atoms with Gasteiger partial charge >= 0.3 is 0 Å². The van der Waals surface area contributed by atoms with Gasteiger partial charge in [0.1, 0.15) is 0 Å². The highest BCUT2D eigenvalue weighted by molar-refractivity contribution is 5.17. The quantitative estimate of drug-likeness (QED) is 0.762. The Kier molecular flexibility index (Phi) is 5.54. The molecule has 0 radical (unpaired) electrons. The van der Waals surface area contributed by atoms with E-state index < -0.39 is 0 Å². The lowest BCUT2D eigenvalue weighted by Crippen LogP contribution is -2.09. The second kappa shape index (κ2) is 6.70. The molecule has 1 aromatic rings. The lowest BCUT2D eigenvalue weighted by Gasteiger charge is -2.19. The lowest BCUT2D eigenvalue weighted by atomic mass is 9.91. The zero-order chi connectivity index (χ0) is 12.0. The van der Waals surface area contributed by atoms with Gasteiger partial charge in [0, 0.05) is 0 Å². The molecule has 0 spiro atoms. The van der Waals surface area contributed by atoms with Crippen LogP contribution in [0.1, 0.15) is 51.7 Å². The molecule has 1 heteroatoms. The summed E-state index contributed by atoms with van der Waals surface area (Å²) in [5, 5.41) is 10.2. The third-order valence-electron chi connectivity index (χ3n) is 3.12. The molecule has 0 bridgehead atoms. The summed E-state index contributed by atoms with van der Waals surface area (Å²) in [6, 6.07) is 9.96. The van der Waals surface area contributed by atoms with Gasteiger partial charge in [-0.1, -0.05) is 63.9 Å². The minimum absolute atomic E-state index is 0.312. The van der Waals surface area contributed by atoms with E-state index in [1.807, 2.05) is 30.3 Å². The van der Waals surface area contributed by atoms with Crippen molar-refractivity contribution in [1.82, 2.24) is 0 Å². The van der Waals surface area contributed by atoms with Gasteiger partial charge in [0.15, 0.2) is 0 Å². The summed E-state index contributed by atoms with van der Waals surface area (Å²) in [7, 11) is 0. The summed E-state index contributed by atoms with van der Waals surface area (Å²) < 4.78 is 0.